The predicted molar refractivity (Wildman–Crippen MR) is 84.9 cm³/mol. The molecule has 0 bridgehead atoms. The summed E-state index contributed by atoms with van der Waals surface area (Å²) in [5.41, 5.74) is 1.96. The molecule has 0 aromatic heterocycles. The van der Waals surface area contributed by atoms with Crippen LogP contribution in [0.5, 0.6) is 0 Å². The second kappa shape index (κ2) is 6.29. The first-order valence-corrected chi connectivity index (χ1v) is 7.63. The lowest BCUT2D eigenvalue weighted by Gasteiger charge is -2.39. The zero-order chi connectivity index (χ0) is 14.7. The van der Waals surface area contributed by atoms with Crippen molar-refractivity contribution in [3.63, 3.8) is 0 Å². The summed E-state index contributed by atoms with van der Waals surface area (Å²) >= 11 is 0. The van der Waals surface area contributed by atoms with Crippen LogP contribution in [-0.2, 0) is 4.79 Å². The Bertz CT molecular complexity index is 462. The number of rotatable bonds is 5. The van der Waals surface area contributed by atoms with Crippen LogP contribution in [-0.4, -0.2) is 11.9 Å². The molecule has 0 spiro atoms. The topological polar surface area (TPSA) is 41.1 Å². The quantitative estimate of drug-likeness (QED) is 0.847. The van der Waals surface area contributed by atoms with Gasteiger partial charge < -0.3 is 10.6 Å². The van der Waals surface area contributed by atoms with Crippen molar-refractivity contribution in [2.45, 2.75) is 46.6 Å². The molecule has 3 nitrogen and oxygen atoms in total. The van der Waals surface area contributed by atoms with Gasteiger partial charge in [-0.25, -0.2) is 0 Å². The lowest BCUT2D eigenvalue weighted by atomic mass is 9.73. The number of hydrogen-bond acceptors (Lipinski definition) is 2. The highest BCUT2D eigenvalue weighted by Crippen LogP contribution is 2.35. The van der Waals surface area contributed by atoms with Crippen molar-refractivity contribution in [2.75, 3.05) is 10.6 Å². The molecule has 0 aliphatic heterocycles. The van der Waals surface area contributed by atoms with Crippen LogP contribution < -0.4 is 10.6 Å². The highest BCUT2D eigenvalue weighted by Gasteiger charge is 2.30. The molecule has 1 aliphatic rings. The van der Waals surface area contributed by atoms with Gasteiger partial charge in [0.05, 0.1) is 0 Å². The Balaban J connectivity index is 1.89. The van der Waals surface area contributed by atoms with Crippen LogP contribution in [0.2, 0.25) is 0 Å². The Morgan fingerprint density at radius 1 is 1.15 bits per heavy atom. The van der Waals surface area contributed by atoms with E-state index in [9.17, 15) is 4.79 Å². The Labute approximate surface area is 122 Å². The van der Waals surface area contributed by atoms with E-state index in [1.54, 1.807) is 0 Å². The number of benzene rings is 1. The van der Waals surface area contributed by atoms with E-state index in [2.05, 4.69) is 30.5 Å². The van der Waals surface area contributed by atoms with Gasteiger partial charge >= 0.3 is 0 Å². The number of hydrogen-bond donors (Lipinski definition) is 2. The Hall–Kier alpha value is -1.51. The molecule has 0 heterocycles. The van der Waals surface area contributed by atoms with Crippen molar-refractivity contribution in [1.29, 1.82) is 0 Å². The Kier molecular flexibility index (Phi) is 4.69. The van der Waals surface area contributed by atoms with Crippen LogP contribution in [0.4, 0.5) is 11.4 Å². The van der Waals surface area contributed by atoms with E-state index < -0.39 is 0 Å². The average molecular weight is 274 g/mol. The number of nitrogens with one attached hydrogen (secondary N) is 2. The van der Waals surface area contributed by atoms with Gasteiger partial charge in [-0.3, -0.25) is 4.79 Å². The molecule has 110 valence electrons. The first-order chi connectivity index (χ1) is 9.45. The van der Waals surface area contributed by atoms with Crippen molar-refractivity contribution in [2.24, 2.45) is 17.8 Å². The molecule has 2 rings (SSSR count). The highest BCUT2D eigenvalue weighted by molar-refractivity contribution is 5.92. The van der Waals surface area contributed by atoms with E-state index in [-0.39, 0.29) is 11.8 Å². The summed E-state index contributed by atoms with van der Waals surface area (Å²) in [6, 6.07) is 8.58. The highest BCUT2D eigenvalue weighted by atomic mass is 16.1. The van der Waals surface area contributed by atoms with Crippen LogP contribution in [0.3, 0.4) is 0 Å². The first kappa shape index (κ1) is 14.9. The maximum absolute atomic E-state index is 11.7. The lowest BCUT2D eigenvalue weighted by molar-refractivity contribution is -0.118. The second-order valence-corrected chi connectivity index (χ2v) is 6.54. The van der Waals surface area contributed by atoms with Gasteiger partial charge in [0.2, 0.25) is 5.91 Å². The molecular formula is C17H26N2O. The number of anilines is 2. The standard InChI is InChI=1S/C17H26N2O/c1-11(2)13-8-16(9-13)18-14-6-5-7-15(10-14)19-17(20)12(3)4/h5-7,10-13,16,18H,8-9H2,1-4H3,(H,19,20). The lowest BCUT2D eigenvalue weighted by Crippen LogP contribution is -2.37. The van der Waals surface area contributed by atoms with Crippen molar-refractivity contribution in [1.82, 2.24) is 0 Å². The van der Waals surface area contributed by atoms with E-state index >= 15 is 0 Å². The van der Waals surface area contributed by atoms with Gasteiger partial charge in [-0.2, -0.15) is 0 Å². The third kappa shape index (κ3) is 3.75. The molecule has 0 saturated heterocycles. The predicted octanol–water partition coefficient (Wildman–Crippen LogP) is 4.13. The Morgan fingerprint density at radius 2 is 1.80 bits per heavy atom. The van der Waals surface area contributed by atoms with Crippen molar-refractivity contribution in [3.05, 3.63) is 24.3 Å². The minimum absolute atomic E-state index is 0.00467. The van der Waals surface area contributed by atoms with E-state index in [1.807, 2.05) is 32.0 Å². The SMILES string of the molecule is CC(C)C(=O)Nc1cccc(NC2CC(C(C)C)C2)c1. The van der Waals surface area contributed by atoms with Gasteiger partial charge in [0.25, 0.3) is 0 Å². The van der Waals surface area contributed by atoms with E-state index in [0.29, 0.717) is 6.04 Å². The molecule has 1 fully saturated rings. The summed E-state index contributed by atoms with van der Waals surface area (Å²) in [5.74, 6) is 1.71. The van der Waals surface area contributed by atoms with Gasteiger partial charge in [0.1, 0.15) is 0 Å². The summed E-state index contributed by atoms with van der Waals surface area (Å²) < 4.78 is 0. The van der Waals surface area contributed by atoms with Gasteiger partial charge in [-0.15, -0.1) is 0 Å². The van der Waals surface area contributed by atoms with Crippen LogP contribution in [0, 0.1) is 17.8 Å². The van der Waals surface area contributed by atoms with Crippen LogP contribution in [0.1, 0.15) is 40.5 Å². The second-order valence-electron chi connectivity index (χ2n) is 6.54. The summed E-state index contributed by atoms with van der Waals surface area (Å²) in [6.45, 7) is 8.39. The molecule has 0 atom stereocenters. The van der Waals surface area contributed by atoms with Crippen molar-refractivity contribution < 1.29 is 4.79 Å². The number of amides is 1. The normalized spacial score (nSPS) is 21.7. The molecule has 0 radical (unpaired) electrons. The van der Waals surface area contributed by atoms with Gasteiger partial charge in [-0.1, -0.05) is 33.8 Å². The molecule has 20 heavy (non-hydrogen) atoms. The largest absolute Gasteiger partial charge is 0.382 e. The van der Waals surface area contributed by atoms with Crippen molar-refractivity contribution >= 4 is 17.3 Å². The molecule has 3 heteroatoms. The number of carbonyl (C=O) groups is 1. The molecule has 1 aliphatic carbocycles. The van der Waals surface area contributed by atoms with E-state index in [4.69, 9.17) is 0 Å². The summed E-state index contributed by atoms with van der Waals surface area (Å²) in [5, 5.41) is 6.49. The van der Waals surface area contributed by atoms with Crippen LogP contribution in [0.15, 0.2) is 24.3 Å². The minimum Gasteiger partial charge on any atom is -0.382 e. The average Bonchev–Trinajstić information content (AvgIpc) is 2.33. The number of carbonyl (C=O) groups excluding carboxylic acids is 1. The van der Waals surface area contributed by atoms with Gasteiger partial charge in [-0.05, 0) is 42.9 Å². The Morgan fingerprint density at radius 3 is 2.40 bits per heavy atom. The van der Waals surface area contributed by atoms with Gasteiger partial charge in [0, 0.05) is 23.3 Å². The smallest absolute Gasteiger partial charge is 0.226 e. The molecule has 2 N–H and O–H groups in total. The third-order valence-corrected chi connectivity index (χ3v) is 4.14. The van der Waals surface area contributed by atoms with Gasteiger partial charge in [0.15, 0.2) is 0 Å². The molecule has 0 unspecified atom stereocenters. The molecule has 1 aromatic rings. The minimum atomic E-state index is 0.00467. The molecule has 1 amide bonds. The summed E-state index contributed by atoms with van der Waals surface area (Å²) in [7, 11) is 0. The molecule has 1 saturated carbocycles. The fourth-order valence-corrected chi connectivity index (χ4v) is 2.53. The van der Waals surface area contributed by atoms with Crippen molar-refractivity contribution in [3.8, 4) is 0 Å². The monoisotopic (exact) mass is 274 g/mol. The van der Waals surface area contributed by atoms with E-state index in [0.717, 1.165) is 23.2 Å². The summed E-state index contributed by atoms with van der Waals surface area (Å²) in [6.07, 6.45) is 2.50. The molecular weight excluding hydrogens is 248 g/mol. The fraction of sp³-hybridized carbons (Fsp3) is 0.588. The van der Waals surface area contributed by atoms with Crippen LogP contribution in [0.25, 0.3) is 0 Å². The fourth-order valence-electron chi connectivity index (χ4n) is 2.53. The maximum atomic E-state index is 11.7. The summed E-state index contributed by atoms with van der Waals surface area (Å²) in [4.78, 5) is 11.7. The maximum Gasteiger partial charge on any atom is 0.226 e. The third-order valence-electron chi connectivity index (χ3n) is 4.14. The van der Waals surface area contributed by atoms with E-state index in [1.165, 1.54) is 12.8 Å². The zero-order valence-electron chi connectivity index (χ0n) is 12.9. The first-order valence-electron chi connectivity index (χ1n) is 7.63. The van der Waals surface area contributed by atoms with Crippen LogP contribution >= 0.6 is 0 Å². The molecule has 1 aromatic carbocycles. The zero-order valence-corrected chi connectivity index (χ0v) is 12.9.